The van der Waals surface area contributed by atoms with E-state index in [0.717, 1.165) is 31.7 Å². The Morgan fingerprint density at radius 3 is 2.80 bits per heavy atom. The average Bonchev–Trinajstić information content (AvgIpc) is 2.93. The summed E-state index contributed by atoms with van der Waals surface area (Å²) in [6.45, 7) is 4.11. The summed E-state index contributed by atoms with van der Waals surface area (Å²) in [6.07, 6.45) is 3.96. The predicted octanol–water partition coefficient (Wildman–Crippen LogP) is 1.51. The van der Waals surface area contributed by atoms with Crippen molar-refractivity contribution in [2.75, 3.05) is 31.9 Å². The first-order valence-corrected chi connectivity index (χ1v) is 7.58. The summed E-state index contributed by atoms with van der Waals surface area (Å²) in [4.78, 5) is 16.9. The molecule has 1 atom stereocenters. The summed E-state index contributed by atoms with van der Waals surface area (Å²) in [6, 6.07) is 8.44. The van der Waals surface area contributed by atoms with Crippen LogP contribution in [0.4, 0.5) is 5.69 Å². The number of fused-ring (bicyclic) bond motifs is 1. The minimum Gasteiger partial charge on any atom is -0.399 e. The molecule has 108 valence electrons. The highest BCUT2D eigenvalue weighted by atomic mass is 16.2. The van der Waals surface area contributed by atoms with Gasteiger partial charge in [-0.2, -0.15) is 0 Å². The quantitative estimate of drug-likeness (QED) is 0.849. The fourth-order valence-electron chi connectivity index (χ4n) is 3.31. The minimum absolute atomic E-state index is 0.299. The van der Waals surface area contributed by atoms with E-state index in [2.05, 4.69) is 9.80 Å². The molecule has 20 heavy (non-hydrogen) atoms. The summed E-state index contributed by atoms with van der Waals surface area (Å²) in [7, 11) is 0. The topological polar surface area (TPSA) is 49.6 Å². The van der Waals surface area contributed by atoms with Gasteiger partial charge in [0.05, 0.1) is 0 Å². The molecule has 1 aromatic carbocycles. The number of carbonyl (C=O) groups is 1. The average molecular weight is 273 g/mol. The van der Waals surface area contributed by atoms with Crippen molar-refractivity contribution >= 4 is 11.6 Å². The van der Waals surface area contributed by atoms with Crippen LogP contribution in [0.2, 0.25) is 0 Å². The van der Waals surface area contributed by atoms with Crippen molar-refractivity contribution < 1.29 is 4.79 Å². The summed E-state index contributed by atoms with van der Waals surface area (Å²) >= 11 is 0. The number of amides is 1. The Balaban J connectivity index is 1.50. The molecular formula is C16H23N3O. The molecule has 0 bridgehead atoms. The van der Waals surface area contributed by atoms with E-state index >= 15 is 0 Å². The van der Waals surface area contributed by atoms with Crippen LogP contribution in [0.25, 0.3) is 0 Å². The Labute approximate surface area is 120 Å². The van der Waals surface area contributed by atoms with Gasteiger partial charge >= 0.3 is 0 Å². The number of rotatable bonds is 3. The molecule has 4 heteroatoms. The molecule has 3 rings (SSSR count). The number of nitrogens with zero attached hydrogens (tertiary/aromatic N) is 2. The fraction of sp³-hybridized carbons (Fsp3) is 0.562. The zero-order valence-corrected chi connectivity index (χ0v) is 11.9. The lowest BCUT2D eigenvalue weighted by atomic mass is 10.1. The van der Waals surface area contributed by atoms with Gasteiger partial charge < -0.3 is 10.6 Å². The third kappa shape index (κ3) is 2.96. The number of nitrogen functional groups attached to an aromatic ring is 1. The van der Waals surface area contributed by atoms with Crippen LogP contribution in [0.3, 0.4) is 0 Å². The molecule has 4 nitrogen and oxygen atoms in total. The van der Waals surface area contributed by atoms with Gasteiger partial charge in [0.1, 0.15) is 0 Å². The van der Waals surface area contributed by atoms with Gasteiger partial charge in [-0.25, -0.2) is 0 Å². The van der Waals surface area contributed by atoms with Crippen LogP contribution in [0.1, 0.15) is 24.8 Å². The number of benzene rings is 1. The maximum absolute atomic E-state index is 12.3. The van der Waals surface area contributed by atoms with Crippen LogP contribution in [0, 0.1) is 0 Å². The standard InChI is InChI=1S/C16H23N3O/c17-14-6-3-13(4-7-14)5-8-16(20)19-11-10-18-9-1-2-15(18)12-19/h3-4,6-7,15H,1-2,5,8-12,17H2. The van der Waals surface area contributed by atoms with E-state index < -0.39 is 0 Å². The van der Waals surface area contributed by atoms with E-state index in [1.807, 2.05) is 24.3 Å². The zero-order valence-electron chi connectivity index (χ0n) is 11.9. The van der Waals surface area contributed by atoms with Crippen LogP contribution >= 0.6 is 0 Å². The molecule has 2 N–H and O–H groups in total. The highest BCUT2D eigenvalue weighted by Gasteiger charge is 2.32. The van der Waals surface area contributed by atoms with Gasteiger partial charge in [-0.05, 0) is 43.5 Å². The number of anilines is 1. The summed E-state index contributed by atoms with van der Waals surface area (Å²) < 4.78 is 0. The molecule has 0 spiro atoms. The van der Waals surface area contributed by atoms with Gasteiger partial charge in [-0.3, -0.25) is 9.69 Å². The second kappa shape index (κ2) is 5.83. The van der Waals surface area contributed by atoms with Crippen molar-refractivity contribution in [3.8, 4) is 0 Å². The van der Waals surface area contributed by atoms with Crippen molar-refractivity contribution in [1.29, 1.82) is 0 Å². The minimum atomic E-state index is 0.299. The lowest BCUT2D eigenvalue weighted by Crippen LogP contribution is -2.52. The number of aryl methyl sites for hydroxylation is 1. The van der Waals surface area contributed by atoms with E-state index in [1.165, 1.54) is 24.9 Å². The maximum atomic E-state index is 12.3. The highest BCUT2D eigenvalue weighted by Crippen LogP contribution is 2.22. The lowest BCUT2D eigenvalue weighted by Gasteiger charge is -2.37. The summed E-state index contributed by atoms with van der Waals surface area (Å²) in [5, 5.41) is 0. The first-order chi connectivity index (χ1) is 9.72. The Kier molecular flexibility index (Phi) is 3.92. The number of piperazine rings is 1. The van der Waals surface area contributed by atoms with Gasteiger partial charge in [0.2, 0.25) is 5.91 Å². The smallest absolute Gasteiger partial charge is 0.222 e. The molecule has 2 heterocycles. The maximum Gasteiger partial charge on any atom is 0.222 e. The van der Waals surface area contributed by atoms with Crippen LogP contribution < -0.4 is 5.73 Å². The van der Waals surface area contributed by atoms with Gasteiger partial charge in [-0.15, -0.1) is 0 Å². The van der Waals surface area contributed by atoms with Gasteiger partial charge in [-0.1, -0.05) is 12.1 Å². The Hall–Kier alpha value is -1.55. The van der Waals surface area contributed by atoms with E-state index in [1.54, 1.807) is 0 Å². The van der Waals surface area contributed by atoms with E-state index in [9.17, 15) is 4.79 Å². The SMILES string of the molecule is Nc1ccc(CCC(=O)N2CCN3CCCC3C2)cc1. The summed E-state index contributed by atoms with van der Waals surface area (Å²) in [5.74, 6) is 0.299. The monoisotopic (exact) mass is 273 g/mol. The van der Waals surface area contributed by atoms with Crippen LogP contribution in [-0.4, -0.2) is 47.9 Å². The summed E-state index contributed by atoms with van der Waals surface area (Å²) in [5.41, 5.74) is 7.63. The molecule has 2 saturated heterocycles. The van der Waals surface area contributed by atoms with Crippen molar-refractivity contribution in [1.82, 2.24) is 9.80 Å². The molecule has 1 unspecified atom stereocenters. The number of nitrogens with two attached hydrogens (primary N) is 1. The second-order valence-electron chi connectivity index (χ2n) is 5.91. The molecule has 0 radical (unpaired) electrons. The van der Waals surface area contributed by atoms with E-state index in [0.29, 0.717) is 18.4 Å². The highest BCUT2D eigenvalue weighted by molar-refractivity contribution is 5.76. The Morgan fingerprint density at radius 1 is 1.20 bits per heavy atom. The fourth-order valence-corrected chi connectivity index (χ4v) is 3.31. The molecule has 1 aromatic rings. The van der Waals surface area contributed by atoms with E-state index in [4.69, 9.17) is 5.73 Å². The predicted molar refractivity (Wildman–Crippen MR) is 80.4 cm³/mol. The van der Waals surface area contributed by atoms with E-state index in [-0.39, 0.29) is 0 Å². The van der Waals surface area contributed by atoms with Crippen molar-refractivity contribution in [3.63, 3.8) is 0 Å². The molecule has 2 aliphatic rings. The molecule has 2 aliphatic heterocycles. The molecule has 0 aliphatic carbocycles. The second-order valence-corrected chi connectivity index (χ2v) is 5.91. The van der Waals surface area contributed by atoms with Crippen LogP contribution in [0.15, 0.2) is 24.3 Å². The molecule has 0 saturated carbocycles. The molecular weight excluding hydrogens is 250 g/mol. The zero-order chi connectivity index (χ0) is 13.9. The number of carbonyl (C=O) groups excluding carboxylic acids is 1. The number of hydrogen-bond donors (Lipinski definition) is 1. The Bertz CT molecular complexity index is 471. The first-order valence-electron chi connectivity index (χ1n) is 7.58. The van der Waals surface area contributed by atoms with Gasteiger partial charge in [0.15, 0.2) is 0 Å². The van der Waals surface area contributed by atoms with Gasteiger partial charge in [0.25, 0.3) is 0 Å². The molecule has 0 aromatic heterocycles. The van der Waals surface area contributed by atoms with Crippen molar-refractivity contribution in [3.05, 3.63) is 29.8 Å². The van der Waals surface area contributed by atoms with Crippen molar-refractivity contribution in [2.45, 2.75) is 31.7 Å². The third-order valence-corrected chi connectivity index (χ3v) is 4.55. The molecule has 1 amide bonds. The van der Waals surface area contributed by atoms with Crippen LogP contribution in [0.5, 0.6) is 0 Å². The normalized spacial score (nSPS) is 22.8. The Morgan fingerprint density at radius 2 is 2.00 bits per heavy atom. The van der Waals surface area contributed by atoms with Gasteiger partial charge in [0, 0.05) is 37.8 Å². The largest absolute Gasteiger partial charge is 0.399 e. The molecule has 2 fully saturated rings. The van der Waals surface area contributed by atoms with Crippen LogP contribution in [-0.2, 0) is 11.2 Å². The third-order valence-electron chi connectivity index (χ3n) is 4.55. The number of hydrogen-bond acceptors (Lipinski definition) is 3. The van der Waals surface area contributed by atoms with Crippen molar-refractivity contribution in [2.24, 2.45) is 0 Å². The first kappa shape index (κ1) is 13.4. The lowest BCUT2D eigenvalue weighted by molar-refractivity contribution is -0.133.